The van der Waals surface area contributed by atoms with Gasteiger partial charge in [0.1, 0.15) is 11.4 Å². The fourth-order valence-corrected chi connectivity index (χ4v) is 2.41. The first-order valence-corrected chi connectivity index (χ1v) is 6.48. The number of benzene rings is 1. The minimum absolute atomic E-state index is 0. The average molecular weight is 356 g/mol. The van der Waals surface area contributed by atoms with Gasteiger partial charge in [0, 0.05) is 19.1 Å². The van der Waals surface area contributed by atoms with Crippen molar-refractivity contribution in [3.8, 4) is 0 Å². The second-order valence-corrected chi connectivity index (χ2v) is 5.23. The third-order valence-electron chi connectivity index (χ3n) is 3.00. The van der Waals surface area contributed by atoms with Gasteiger partial charge in [0.25, 0.3) is 5.91 Å². The van der Waals surface area contributed by atoms with Crippen molar-refractivity contribution in [2.75, 3.05) is 13.1 Å². The molecule has 0 aliphatic carbocycles. The van der Waals surface area contributed by atoms with Crippen LogP contribution in [0.5, 0.6) is 0 Å². The fraction of sp³-hybridized carbons (Fsp3) is 0.417. The Hall–Kier alpha value is -0.720. The van der Waals surface area contributed by atoms with Crippen LogP contribution in [0.25, 0.3) is 0 Å². The number of nitrogens with two attached hydrogens (primary N) is 1. The van der Waals surface area contributed by atoms with Crippen LogP contribution in [0.1, 0.15) is 23.2 Å². The molecule has 3 nitrogen and oxygen atoms in total. The van der Waals surface area contributed by atoms with Crippen molar-refractivity contribution in [1.29, 1.82) is 0 Å². The summed E-state index contributed by atoms with van der Waals surface area (Å²) in [7, 11) is 0. The summed E-state index contributed by atoms with van der Waals surface area (Å²) in [6, 6.07) is 2.19. The molecule has 1 aliphatic rings. The predicted molar refractivity (Wildman–Crippen MR) is 74.4 cm³/mol. The van der Waals surface area contributed by atoms with E-state index in [0.717, 1.165) is 18.9 Å². The Morgan fingerprint density at radius 2 is 2.11 bits per heavy atom. The number of halogens is 4. The minimum atomic E-state index is -0.862. The van der Waals surface area contributed by atoms with E-state index in [1.54, 1.807) is 0 Å². The van der Waals surface area contributed by atoms with Gasteiger partial charge in [-0.2, -0.15) is 0 Å². The molecule has 1 amide bonds. The molecule has 0 saturated carbocycles. The number of hydrogen-bond donors (Lipinski definition) is 1. The molecule has 0 radical (unpaired) electrons. The number of carbonyl (C=O) groups excluding carboxylic acids is 1. The lowest BCUT2D eigenvalue weighted by molar-refractivity contribution is 0.0698. The molecule has 7 heteroatoms. The van der Waals surface area contributed by atoms with E-state index in [1.165, 1.54) is 11.0 Å². The maximum atomic E-state index is 13.8. The second-order valence-electron chi connectivity index (χ2n) is 4.37. The quantitative estimate of drug-likeness (QED) is 0.787. The van der Waals surface area contributed by atoms with Gasteiger partial charge >= 0.3 is 0 Å². The van der Waals surface area contributed by atoms with Crippen molar-refractivity contribution in [2.45, 2.75) is 18.9 Å². The van der Waals surface area contributed by atoms with Crippen molar-refractivity contribution < 1.29 is 13.6 Å². The van der Waals surface area contributed by atoms with E-state index < -0.39 is 23.1 Å². The predicted octanol–water partition coefficient (Wildman–Crippen LogP) is 2.71. The molecular formula is C12H14BrClF2N2O. The van der Waals surface area contributed by atoms with Gasteiger partial charge in [0.15, 0.2) is 5.82 Å². The van der Waals surface area contributed by atoms with Crippen LogP contribution in [-0.4, -0.2) is 29.9 Å². The molecule has 1 aliphatic heterocycles. The summed E-state index contributed by atoms with van der Waals surface area (Å²) in [6.45, 7) is 0.822. The van der Waals surface area contributed by atoms with Gasteiger partial charge in [-0.25, -0.2) is 8.78 Å². The molecule has 2 rings (SSSR count). The topological polar surface area (TPSA) is 46.3 Å². The Labute approximate surface area is 124 Å². The summed E-state index contributed by atoms with van der Waals surface area (Å²) in [6.07, 6.45) is 1.58. The first kappa shape index (κ1) is 16.3. The van der Waals surface area contributed by atoms with Crippen LogP contribution in [0.3, 0.4) is 0 Å². The molecule has 0 bridgehead atoms. The second kappa shape index (κ2) is 6.63. The zero-order chi connectivity index (χ0) is 13.3. The van der Waals surface area contributed by atoms with Crippen LogP contribution in [0.4, 0.5) is 8.78 Å². The SMILES string of the molecule is Cl.N[C@@H]1CCCN(C(=O)c2c(F)ccc(Br)c2F)C1. The molecule has 1 fully saturated rings. The normalized spacial score (nSPS) is 18.9. The Morgan fingerprint density at radius 1 is 1.42 bits per heavy atom. The molecule has 1 aromatic carbocycles. The summed E-state index contributed by atoms with van der Waals surface area (Å²) >= 11 is 2.95. The first-order valence-electron chi connectivity index (χ1n) is 5.69. The molecule has 0 unspecified atom stereocenters. The molecule has 1 atom stereocenters. The van der Waals surface area contributed by atoms with Gasteiger partial charge in [-0.3, -0.25) is 4.79 Å². The highest BCUT2D eigenvalue weighted by molar-refractivity contribution is 9.10. The molecular weight excluding hydrogens is 341 g/mol. The third kappa shape index (κ3) is 3.43. The highest BCUT2D eigenvalue weighted by Gasteiger charge is 2.27. The van der Waals surface area contributed by atoms with Crippen molar-refractivity contribution >= 4 is 34.2 Å². The van der Waals surface area contributed by atoms with Crippen molar-refractivity contribution in [3.05, 3.63) is 33.8 Å². The molecule has 0 spiro atoms. The van der Waals surface area contributed by atoms with E-state index in [4.69, 9.17) is 5.73 Å². The molecule has 0 aromatic heterocycles. The van der Waals surface area contributed by atoms with E-state index in [-0.39, 0.29) is 22.9 Å². The van der Waals surface area contributed by atoms with Crippen molar-refractivity contribution in [2.24, 2.45) is 5.73 Å². The Morgan fingerprint density at radius 3 is 2.74 bits per heavy atom. The largest absolute Gasteiger partial charge is 0.337 e. The van der Waals surface area contributed by atoms with Gasteiger partial charge in [0.2, 0.25) is 0 Å². The van der Waals surface area contributed by atoms with Crippen LogP contribution in [0.2, 0.25) is 0 Å². The van der Waals surface area contributed by atoms with Crippen molar-refractivity contribution in [3.63, 3.8) is 0 Å². The highest BCUT2D eigenvalue weighted by Crippen LogP contribution is 2.24. The summed E-state index contributed by atoms with van der Waals surface area (Å²) in [4.78, 5) is 13.5. The number of likely N-dealkylation sites (tertiary alicyclic amines) is 1. The number of carbonyl (C=O) groups is 1. The van der Waals surface area contributed by atoms with Crippen LogP contribution in [0, 0.1) is 11.6 Å². The zero-order valence-corrected chi connectivity index (χ0v) is 12.4. The van der Waals surface area contributed by atoms with E-state index >= 15 is 0 Å². The van der Waals surface area contributed by atoms with Gasteiger partial charge < -0.3 is 10.6 Å². The molecule has 2 N–H and O–H groups in total. The number of piperidine rings is 1. The number of hydrogen-bond acceptors (Lipinski definition) is 2. The smallest absolute Gasteiger partial charge is 0.259 e. The van der Waals surface area contributed by atoms with Gasteiger partial charge in [-0.15, -0.1) is 12.4 Å². The van der Waals surface area contributed by atoms with E-state index in [0.29, 0.717) is 13.1 Å². The lowest BCUT2D eigenvalue weighted by atomic mass is 10.0. The fourth-order valence-electron chi connectivity index (χ4n) is 2.08. The molecule has 1 aromatic rings. The van der Waals surface area contributed by atoms with Gasteiger partial charge in [0.05, 0.1) is 4.47 Å². The summed E-state index contributed by atoms with van der Waals surface area (Å²) in [5, 5.41) is 0. The van der Waals surface area contributed by atoms with Gasteiger partial charge in [-0.05, 0) is 40.9 Å². The Bertz CT molecular complexity index is 487. The van der Waals surface area contributed by atoms with E-state index in [1.807, 2.05) is 0 Å². The number of amides is 1. The molecule has 106 valence electrons. The number of rotatable bonds is 1. The summed E-state index contributed by atoms with van der Waals surface area (Å²) < 4.78 is 27.5. The van der Waals surface area contributed by atoms with Crippen molar-refractivity contribution in [1.82, 2.24) is 4.90 Å². The Kier molecular flexibility index (Phi) is 5.70. The average Bonchev–Trinajstić information content (AvgIpc) is 2.34. The van der Waals surface area contributed by atoms with Gasteiger partial charge in [-0.1, -0.05) is 0 Å². The minimum Gasteiger partial charge on any atom is -0.337 e. The Balaban J connectivity index is 0.00000180. The lowest BCUT2D eigenvalue weighted by Gasteiger charge is -2.31. The molecule has 19 heavy (non-hydrogen) atoms. The van der Waals surface area contributed by atoms with Crippen LogP contribution >= 0.6 is 28.3 Å². The first-order chi connectivity index (χ1) is 8.50. The zero-order valence-electron chi connectivity index (χ0n) is 10.0. The van der Waals surface area contributed by atoms with Crippen LogP contribution in [-0.2, 0) is 0 Å². The van der Waals surface area contributed by atoms with Crippen LogP contribution < -0.4 is 5.73 Å². The monoisotopic (exact) mass is 354 g/mol. The molecule has 1 saturated heterocycles. The maximum absolute atomic E-state index is 13.8. The summed E-state index contributed by atoms with van der Waals surface area (Å²) in [5.74, 6) is -2.35. The highest BCUT2D eigenvalue weighted by atomic mass is 79.9. The third-order valence-corrected chi connectivity index (χ3v) is 3.62. The standard InChI is InChI=1S/C12H13BrF2N2O.ClH/c13-8-3-4-9(14)10(11(8)15)12(18)17-5-1-2-7(16)6-17;/h3-4,7H,1-2,5-6,16H2;1H/t7-;/m1./s1. The van der Waals surface area contributed by atoms with Crippen LogP contribution in [0.15, 0.2) is 16.6 Å². The van der Waals surface area contributed by atoms with E-state index in [2.05, 4.69) is 15.9 Å². The van der Waals surface area contributed by atoms with E-state index in [9.17, 15) is 13.6 Å². The summed E-state index contributed by atoms with van der Waals surface area (Å²) in [5.41, 5.74) is 5.24. The lowest BCUT2D eigenvalue weighted by Crippen LogP contribution is -2.46. The maximum Gasteiger partial charge on any atom is 0.259 e. The number of nitrogens with zero attached hydrogens (tertiary/aromatic N) is 1. The molecule has 1 heterocycles.